The van der Waals surface area contributed by atoms with E-state index < -0.39 is 0 Å². The molecule has 0 spiro atoms. The Morgan fingerprint density at radius 3 is 2.06 bits per heavy atom. The second-order valence-electron chi connectivity index (χ2n) is 10.0. The zero-order valence-corrected chi connectivity index (χ0v) is 21.2. The average Bonchev–Trinajstić information content (AvgIpc) is 2.68. The Morgan fingerprint density at radius 2 is 1.52 bits per heavy atom. The van der Waals surface area contributed by atoms with Crippen molar-refractivity contribution in [1.29, 1.82) is 0 Å². The van der Waals surface area contributed by atoms with E-state index in [0.29, 0.717) is 17.6 Å². The molecule has 2 rings (SSSR count). The Hall–Kier alpha value is -1.84. The first-order valence-corrected chi connectivity index (χ1v) is 11.8. The second-order valence-corrected chi connectivity index (χ2v) is 10.0. The van der Waals surface area contributed by atoms with Crippen LogP contribution in [0.15, 0.2) is 42.5 Å². The summed E-state index contributed by atoms with van der Waals surface area (Å²) >= 11 is 0. The molecule has 0 aliphatic carbocycles. The summed E-state index contributed by atoms with van der Waals surface area (Å²) in [4.78, 5) is 0. The monoisotopic (exact) mass is 428 g/mol. The Bertz CT molecular complexity index is 751. The van der Waals surface area contributed by atoms with Crippen molar-refractivity contribution in [1.82, 2.24) is 0 Å². The third-order valence-corrected chi connectivity index (χ3v) is 5.41. The van der Waals surface area contributed by atoms with Crippen molar-refractivity contribution in [2.45, 2.75) is 60.9 Å². The van der Waals surface area contributed by atoms with Gasteiger partial charge in [0.15, 0.2) is 0 Å². The number of hydrogen-bond donors (Lipinski definition) is 1. The minimum atomic E-state index is 0.433. The summed E-state index contributed by atoms with van der Waals surface area (Å²) in [6.07, 6.45) is 2.16. The SMILES string of the molecule is CCOCC[N+](C)(C)Cc1ccccc1.Cc1c(O)ccc(CC(C)C)c1CC(C)C. The van der Waals surface area contributed by atoms with Crippen LogP contribution in [0, 0.1) is 18.8 Å². The molecule has 0 fully saturated rings. The molecule has 0 aromatic heterocycles. The fraction of sp³-hybridized carbons (Fsp3) is 0.571. The number of nitrogens with zero attached hydrogens (tertiary/aromatic N) is 1. The molecule has 0 aliphatic heterocycles. The molecule has 0 radical (unpaired) electrons. The lowest BCUT2D eigenvalue weighted by atomic mass is 9.89. The summed E-state index contributed by atoms with van der Waals surface area (Å²) in [5, 5.41) is 9.77. The average molecular weight is 429 g/mol. The van der Waals surface area contributed by atoms with Crippen LogP contribution < -0.4 is 0 Å². The van der Waals surface area contributed by atoms with E-state index in [-0.39, 0.29) is 0 Å². The minimum absolute atomic E-state index is 0.433. The van der Waals surface area contributed by atoms with Gasteiger partial charge in [0.25, 0.3) is 0 Å². The third-order valence-electron chi connectivity index (χ3n) is 5.41. The maximum absolute atomic E-state index is 9.77. The van der Waals surface area contributed by atoms with Gasteiger partial charge in [-0.25, -0.2) is 0 Å². The normalized spacial score (nSPS) is 11.5. The number of benzene rings is 2. The van der Waals surface area contributed by atoms with Crippen LogP contribution in [0.2, 0.25) is 0 Å². The van der Waals surface area contributed by atoms with E-state index in [1.165, 1.54) is 16.7 Å². The Morgan fingerprint density at radius 1 is 0.903 bits per heavy atom. The molecule has 0 bridgehead atoms. The molecule has 0 aliphatic rings. The number of ether oxygens (including phenoxy) is 1. The van der Waals surface area contributed by atoms with Crippen LogP contribution in [-0.4, -0.2) is 43.4 Å². The zero-order chi connectivity index (χ0) is 23.4. The standard InChI is InChI=1S/C15H24O.C13H22NO/c1-10(2)8-13-6-7-15(16)12(5)14(13)9-11(3)4;1-4-15-11-10-14(2,3)12-13-8-6-5-7-9-13/h6-7,10-11,16H,8-9H2,1-5H3;5-9H,4,10-12H2,1-3H3/q;+1. The van der Waals surface area contributed by atoms with Crippen LogP contribution >= 0.6 is 0 Å². The summed E-state index contributed by atoms with van der Waals surface area (Å²) < 4.78 is 6.37. The van der Waals surface area contributed by atoms with E-state index in [0.717, 1.165) is 49.2 Å². The molecule has 3 heteroatoms. The highest BCUT2D eigenvalue weighted by molar-refractivity contribution is 5.44. The highest BCUT2D eigenvalue weighted by Crippen LogP contribution is 2.27. The first kappa shape index (κ1) is 27.2. The molecule has 0 saturated carbocycles. The van der Waals surface area contributed by atoms with Crippen molar-refractivity contribution >= 4 is 0 Å². The van der Waals surface area contributed by atoms with Crippen LogP contribution in [0.25, 0.3) is 0 Å². The lowest BCUT2D eigenvalue weighted by molar-refractivity contribution is -0.904. The number of aromatic hydroxyl groups is 1. The van der Waals surface area contributed by atoms with Gasteiger partial charge in [-0.1, -0.05) is 64.1 Å². The number of phenols is 1. The summed E-state index contributed by atoms with van der Waals surface area (Å²) in [5.74, 6) is 1.73. The minimum Gasteiger partial charge on any atom is -0.508 e. The summed E-state index contributed by atoms with van der Waals surface area (Å²) in [5.41, 5.74) is 5.20. The Kier molecular flexibility index (Phi) is 11.9. The van der Waals surface area contributed by atoms with E-state index in [9.17, 15) is 5.11 Å². The molecule has 0 heterocycles. The van der Waals surface area contributed by atoms with Crippen molar-refractivity contribution in [2.24, 2.45) is 11.8 Å². The number of phenolic OH excluding ortho intramolecular Hbond substituents is 1. The van der Waals surface area contributed by atoms with E-state index in [4.69, 9.17) is 4.74 Å². The second kappa shape index (κ2) is 13.5. The number of likely N-dealkylation sites (N-methyl/N-ethyl adjacent to an activating group) is 1. The molecule has 174 valence electrons. The van der Waals surface area contributed by atoms with Crippen molar-refractivity contribution in [3.05, 3.63) is 64.7 Å². The zero-order valence-electron chi connectivity index (χ0n) is 21.2. The number of quaternary nitrogens is 1. The lowest BCUT2D eigenvalue weighted by Gasteiger charge is -2.29. The molecule has 0 amide bonds. The van der Waals surface area contributed by atoms with Gasteiger partial charge in [0.2, 0.25) is 0 Å². The van der Waals surface area contributed by atoms with Crippen molar-refractivity contribution in [2.75, 3.05) is 33.9 Å². The van der Waals surface area contributed by atoms with Crippen LogP contribution in [0.3, 0.4) is 0 Å². The largest absolute Gasteiger partial charge is 0.508 e. The molecular weight excluding hydrogens is 382 g/mol. The highest BCUT2D eigenvalue weighted by atomic mass is 16.5. The fourth-order valence-corrected chi connectivity index (χ4v) is 3.74. The van der Waals surface area contributed by atoms with Crippen LogP contribution in [-0.2, 0) is 24.1 Å². The van der Waals surface area contributed by atoms with E-state index in [1.807, 2.05) is 19.9 Å². The predicted octanol–water partition coefficient (Wildman–Crippen LogP) is 6.40. The smallest absolute Gasteiger partial charge is 0.118 e. The third kappa shape index (κ3) is 10.8. The summed E-state index contributed by atoms with van der Waals surface area (Å²) in [7, 11) is 4.48. The number of rotatable bonds is 10. The van der Waals surface area contributed by atoms with Gasteiger partial charge in [-0.15, -0.1) is 0 Å². The molecule has 2 aromatic rings. The molecule has 2 aromatic carbocycles. The van der Waals surface area contributed by atoms with E-state index in [1.54, 1.807) is 0 Å². The molecule has 0 unspecified atom stereocenters. The van der Waals surface area contributed by atoms with Gasteiger partial charge in [-0.2, -0.15) is 0 Å². The van der Waals surface area contributed by atoms with Gasteiger partial charge in [0, 0.05) is 12.2 Å². The van der Waals surface area contributed by atoms with Gasteiger partial charge >= 0.3 is 0 Å². The van der Waals surface area contributed by atoms with Crippen molar-refractivity contribution in [3.8, 4) is 5.75 Å². The maximum atomic E-state index is 9.77. The molecule has 0 atom stereocenters. The Balaban J connectivity index is 0.000000311. The van der Waals surface area contributed by atoms with Gasteiger partial charge in [0.05, 0.1) is 20.7 Å². The van der Waals surface area contributed by atoms with Crippen LogP contribution in [0.1, 0.15) is 56.9 Å². The van der Waals surface area contributed by atoms with Gasteiger partial charge in [-0.3, -0.25) is 0 Å². The lowest BCUT2D eigenvalue weighted by Crippen LogP contribution is -2.41. The van der Waals surface area contributed by atoms with Gasteiger partial charge in [-0.05, 0) is 61.3 Å². The molecule has 1 N–H and O–H groups in total. The molecule has 31 heavy (non-hydrogen) atoms. The summed E-state index contributed by atoms with van der Waals surface area (Å²) in [6.45, 7) is 16.8. The fourth-order valence-electron chi connectivity index (χ4n) is 3.74. The first-order valence-electron chi connectivity index (χ1n) is 11.8. The molecular formula is C28H46NO2+. The molecule has 0 saturated heterocycles. The summed E-state index contributed by atoms with van der Waals surface area (Å²) in [6, 6.07) is 14.5. The van der Waals surface area contributed by atoms with E-state index >= 15 is 0 Å². The van der Waals surface area contributed by atoms with Crippen LogP contribution in [0.4, 0.5) is 0 Å². The van der Waals surface area contributed by atoms with E-state index in [2.05, 4.69) is 78.2 Å². The topological polar surface area (TPSA) is 29.5 Å². The Labute approximate surface area is 191 Å². The first-order chi connectivity index (χ1) is 14.6. The predicted molar refractivity (Wildman–Crippen MR) is 134 cm³/mol. The van der Waals surface area contributed by atoms with Crippen LogP contribution in [0.5, 0.6) is 5.75 Å². The maximum Gasteiger partial charge on any atom is 0.118 e. The van der Waals surface area contributed by atoms with Gasteiger partial charge < -0.3 is 14.3 Å². The number of hydrogen-bond acceptors (Lipinski definition) is 2. The van der Waals surface area contributed by atoms with Crippen molar-refractivity contribution < 1.29 is 14.3 Å². The molecule has 3 nitrogen and oxygen atoms in total. The quantitative estimate of drug-likeness (QED) is 0.350. The highest BCUT2D eigenvalue weighted by Gasteiger charge is 2.15. The van der Waals surface area contributed by atoms with Gasteiger partial charge in [0.1, 0.15) is 18.8 Å². The van der Waals surface area contributed by atoms with Crippen molar-refractivity contribution in [3.63, 3.8) is 0 Å².